The Morgan fingerprint density at radius 2 is 1.81 bits per heavy atom. The Kier molecular flexibility index (Phi) is 5.99. The molecule has 114 valence electrons. The highest BCUT2D eigenvalue weighted by molar-refractivity contribution is 5.47. The minimum atomic E-state index is 0.812. The van der Waals surface area contributed by atoms with Gasteiger partial charge in [-0.25, -0.2) is 15.0 Å². The van der Waals surface area contributed by atoms with Crippen LogP contribution in [0.3, 0.4) is 0 Å². The van der Waals surface area contributed by atoms with Gasteiger partial charge in [0.1, 0.15) is 17.5 Å². The number of aryl methyl sites for hydroxylation is 1. The molecule has 21 heavy (non-hydrogen) atoms. The van der Waals surface area contributed by atoms with Crippen LogP contribution < -0.4 is 10.6 Å². The molecule has 0 aliphatic rings. The second-order valence-electron chi connectivity index (χ2n) is 4.96. The van der Waals surface area contributed by atoms with Crippen LogP contribution in [-0.2, 0) is 13.0 Å². The SMILES string of the molecule is CCCNc1cc(NCCn2ccnc2)nc(CCC)n1. The lowest BCUT2D eigenvalue weighted by atomic mass is 10.3. The van der Waals surface area contributed by atoms with Crippen LogP contribution in [0.25, 0.3) is 0 Å². The van der Waals surface area contributed by atoms with Gasteiger partial charge < -0.3 is 15.2 Å². The third-order valence-electron chi connectivity index (χ3n) is 3.04. The van der Waals surface area contributed by atoms with Crippen LogP contribution in [0.15, 0.2) is 24.8 Å². The molecule has 2 aromatic heterocycles. The lowest BCUT2D eigenvalue weighted by Gasteiger charge is -2.11. The fraction of sp³-hybridized carbons (Fsp3) is 0.533. The van der Waals surface area contributed by atoms with E-state index in [0.29, 0.717) is 0 Å². The summed E-state index contributed by atoms with van der Waals surface area (Å²) in [6.45, 7) is 6.89. The molecule has 6 nitrogen and oxygen atoms in total. The second-order valence-corrected chi connectivity index (χ2v) is 4.96. The third kappa shape index (κ3) is 5.06. The number of imidazole rings is 1. The average Bonchev–Trinajstić information content (AvgIpc) is 2.99. The maximum Gasteiger partial charge on any atom is 0.133 e. The van der Waals surface area contributed by atoms with Crippen LogP contribution in [0.2, 0.25) is 0 Å². The van der Waals surface area contributed by atoms with Crippen molar-refractivity contribution in [2.45, 2.75) is 39.7 Å². The molecular formula is C15H24N6. The van der Waals surface area contributed by atoms with Crippen LogP contribution in [0.4, 0.5) is 11.6 Å². The number of nitrogens with zero attached hydrogens (tertiary/aromatic N) is 4. The van der Waals surface area contributed by atoms with E-state index in [-0.39, 0.29) is 0 Å². The molecule has 0 atom stereocenters. The monoisotopic (exact) mass is 288 g/mol. The molecule has 2 rings (SSSR count). The molecule has 0 aromatic carbocycles. The number of nitrogens with one attached hydrogen (secondary N) is 2. The summed E-state index contributed by atoms with van der Waals surface area (Å²) in [4.78, 5) is 13.1. The van der Waals surface area contributed by atoms with E-state index in [2.05, 4.69) is 39.4 Å². The predicted octanol–water partition coefficient (Wildman–Crippen LogP) is 2.56. The van der Waals surface area contributed by atoms with Crippen LogP contribution in [-0.4, -0.2) is 32.6 Å². The minimum Gasteiger partial charge on any atom is -0.370 e. The first kappa shape index (κ1) is 15.3. The van der Waals surface area contributed by atoms with Crippen molar-refractivity contribution in [3.8, 4) is 0 Å². The summed E-state index contributed by atoms with van der Waals surface area (Å²) < 4.78 is 2.04. The van der Waals surface area contributed by atoms with Crippen molar-refractivity contribution >= 4 is 11.6 Å². The molecule has 0 radical (unpaired) electrons. The molecule has 0 unspecified atom stereocenters. The molecule has 0 amide bonds. The standard InChI is InChI=1S/C15H24N6/c1-3-5-13-19-14(17-6-4-2)11-15(20-13)18-8-10-21-9-7-16-12-21/h7,9,11-12H,3-6,8,10H2,1-2H3,(H2,17,18,19,20). The van der Waals surface area contributed by atoms with Gasteiger partial charge in [0.2, 0.25) is 0 Å². The average molecular weight is 288 g/mol. The van der Waals surface area contributed by atoms with Gasteiger partial charge in [0, 0.05) is 44.5 Å². The van der Waals surface area contributed by atoms with Crippen molar-refractivity contribution in [2.75, 3.05) is 23.7 Å². The quantitative estimate of drug-likeness (QED) is 0.742. The number of aromatic nitrogens is 4. The van der Waals surface area contributed by atoms with Gasteiger partial charge in [-0.15, -0.1) is 0 Å². The summed E-state index contributed by atoms with van der Waals surface area (Å²) in [5.41, 5.74) is 0. The Balaban J connectivity index is 1.97. The lowest BCUT2D eigenvalue weighted by Crippen LogP contribution is -2.12. The van der Waals surface area contributed by atoms with Gasteiger partial charge in [0.05, 0.1) is 6.33 Å². The predicted molar refractivity (Wildman–Crippen MR) is 85.5 cm³/mol. The van der Waals surface area contributed by atoms with Gasteiger partial charge in [-0.2, -0.15) is 0 Å². The molecule has 0 saturated heterocycles. The Hall–Kier alpha value is -2.11. The lowest BCUT2D eigenvalue weighted by molar-refractivity contribution is 0.723. The molecule has 2 heterocycles. The molecule has 0 spiro atoms. The highest BCUT2D eigenvalue weighted by atomic mass is 15.1. The summed E-state index contributed by atoms with van der Waals surface area (Å²) >= 11 is 0. The van der Waals surface area contributed by atoms with E-state index in [9.17, 15) is 0 Å². The highest BCUT2D eigenvalue weighted by Crippen LogP contribution is 2.12. The first-order valence-corrected chi connectivity index (χ1v) is 7.63. The van der Waals surface area contributed by atoms with E-state index < -0.39 is 0 Å². The summed E-state index contributed by atoms with van der Waals surface area (Å²) in [7, 11) is 0. The van der Waals surface area contributed by atoms with E-state index in [1.165, 1.54) is 0 Å². The zero-order valence-electron chi connectivity index (χ0n) is 12.8. The molecule has 2 N–H and O–H groups in total. The summed E-state index contributed by atoms with van der Waals surface area (Å²) in [6, 6.07) is 1.97. The van der Waals surface area contributed by atoms with E-state index in [1.807, 2.05) is 23.2 Å². The van der Waals surface area contributed by atoms with Gasteiger partial charge in [-0.1, -0.05) is 13.8 Å². The van der Waals surface area contributed by atoms with Gasteiger partial charge in [-0.05, 0) is 12.8 Å². The Morgan fingerprint density at radius 1 is 1.05 bits per heavy atom. The Labute approximate surface area is 126 Å². The molecular weight excluding hydrogens is 264 g/mol. The van der Waals surface area contributed by atoms with Crippen molar-refractivity contribution in [1.29, 1.82) is 0 Å². The fourth-order valence-corrected chi connectivity index (χ4v) is 2.00. The summed E-state index contributed by atoms with van der Waals surface area (Å²) in [6.07, 6.45) is 8.59. The maximum absolute atomic E-state index is 4.56. The van der Waals surface area contributed by atoms with Gasteiger partial charge in [-0.3, -0.25) is 0 Å². The van der Waals surface area contributed by atoms with Crippen molar-refractivity contribution in [3.63, 3.8) is 0 Å². The number of rotatable bonds is 9. The van der Waals surface area contributed by atoms with Crippen LogP contribution in [0.1, 0.15) is 32.5 Å². The smallest absolute Gasteiger partial charge is 0.133 e. The Bertz CT molecular complexity index is 523. The van der Waals surface area contributed by atoms with Crippen molar-refractivity contribution in [1.82, 2.24) is 19.5 Å². The topological polar surface area (TPSA) is 67.7 Å². The molecule has 0 aliphatic carbocycles. The fourth-order valence-electron chi connectivity index (χ4n) is 2.00. The summed E-state index contributed by atoms with van der Waals surface area (Å²) in [5.74, 6) is 2.68. The molecule has 0 bridgehead atoms. The van der Waals surface area contributed by atoms with E-state index >= 15 is 0 Å². The van der Waals surface area contributed by atoms with Crippen molar-refractivity contribution < 1.29 is 0 Å². The van der Waals surface area contributed by atoms with Crippen molar-refractivity contribution in [2.24, 2.45) is 0 Å². The van der Waals surface area contributed by atoms with E-state index in [1.54, 1.807) is 6.20 Å². The van der Waals surface area contributed by atoms with Gasteiger partial charge >= 0.3 is 0 Å². The minimum absolute atomic E-state index is 0.812. The normalized spacial score (nSPS) is 10.6. The Morgan fingerprint density at radius 3 is 2.43 bits per heavy atom. The van der Waals surface area contributed by atoms with E-state index in [0.717, 1.165) is 56.4 Å². The second kappa shape index (κ2) is 8.24. The first-order chi connectivity index (χ1) is 10.3. The van der Waals surface area contributed by atoms with Gasteiger partial charge in [0.15, 0.2) is 0 Å². The van der Waals surface area contributed by atoms with Gasteiger partial charge in [0.25, 0.3) is 0 Å². The summed E-state index contributed by atoms with van der Waals surface area (Å²) in [5, 5.41) is 6.69. The third-order valence-corrected chi connectivity index (χ3v) is 3.04. The number of anilines is 2. The molecule has 2 aromatic rings. The largest absolute Gasteiger partial charge is 0.370 e. The first-order valence-electron chi connectivity index (χ1n) is 7.63. The number of hydrogen-bond donors (Lipinski definition) is 2. The van der Waals surface area contributed by atoms with Crippen molar-refractivity contribution in [3.05, 3.63) is 30.6 Å². The zero-order valence-corrected chi connectivity index (χ0v) is 12.8. The zero-order chi connectivity index (χ0) is 14.9. The molecule has 0 fully saturated rings. The molecule has 0 saturated carbocycles. The van der Waals surface area contributed by atoms with Crippen LogP contribution in [0, 0.1) is 0 Å². The van der Waals surface area contributed by atoms with Crippen LogP contribution >= 0.6 is 0 Å². The maximum atomic E-state index is 4.56. The molecule has 0 aliphatic heterocycles. The number of hydrogen-bond acceptors (Lipinski definition) is 5. The van der Waals surface area contributed by atoms with Crippen LogP contribution in [0.5, 0.6) is 0 Å². The van der Waals surface area contributed by atoms with E-state index in [4.69, 9.17) is 0 Å². The molecule has 6 heteroatoms. The highest BCUT2D eigenvalue weighted by Gasteiger charge is 2.04.